The maximum absolute atomic E-state index is 13.5. The van der Waals surface area contributed by atoms with Crippen molar-refractivity contribution in [3.63, 3.8) is 0 Å². The van der Waals surface area contributed by atoms with Crippen LogP contribution in [0.2, 0.25) is 0 Å². The predicted molar refractivity (Wildman–Crippen MR) is 115 cm³/mol. The van der Waals surface area contributed by atoms with Crippen LogP contribution in [-0.4, -0.2) is 23.3 Å². The van der Waals surface area contributed by atoms with Crippen molar-refractivity contribution in [3.8, 4) is 0 Å². The summed E-state index contributed by atoms with van der Waals surface area (Å²) >= 11 is 1.50. The number of anilines is 1. The molecule has 0 spiro atoms. The Morgan fingerprint density at radius 3 is 2.48 bits per heavy atom. The lowest BCUT2D eigenvalue weighted by molar-refractivity contribution is -0.137. The number of para-hydroxylation sites is 1. The molecular weight excluding hydrogens is 380 g/mol. The first-order chi connectivity index (χ1) is 14.1. The highest BCUT2D eigenvalue weighted by molar-refractivity contribution is 7.11. The van der Waals surface area contributed by atoms with Crippen molar-refractivity contribution in [3.05, 3.63) is 93.3 Å². The SMILES string of the molecule is Cc1ccc(CN2C(=O)C(c3cccs3)=C(N3CCc4ccccc43)C2=O)cc1. The van der Waals surface area contributed by atoms with Gasteiger partial charge in [0.1, 0.15) is 5.70 Å². The summed E-state index contributed by atoms with van der Waals surface area (Å²) in [4.78, 5) is 31.1. The number of amides is 2. The fourth-order valence-corrected chi connectivity index (χ4v) is 4.81. The maximum atomic E-state index is 13.5. The van der Waals surface area contributed by atoms with E-state index in [4.69, 9.17) is 0 Å². The van der Waals surface area contributed by atoms with Gasteiger partial charge in [0, 0.05) is 17.1 Å². The molecule has 0 saturated carbocycles. The van der Waals surface area contributed by atoms with Crippen molar-refractivity contribution in [1.29, 1.82) is 0 Å². The molecule has 3 heterocycles. The summed E-state index contributed by atoms with van der Waals surface area (Å²) in [6, 6.07) is 19.9. The number of thiophene rings is 1. The van der Waals surface area contributed by atoms with Gasteiger partial charge in [-0.15, -0.1) is 11.3 Å². The molecular formula is C24H20N2O2S. The van der Waals surface area contributed by atoms with Gasteiger partial charge in [-0.3, -0.25) is 14.5 Å². The highest BCUT2D eigenvalue weighted by atomic mass is 32.1. The molecule has 0 radical (unpaired) electrons. The lowest BCUT2D eigenvalue weighted by Gasteiger charge is -2.21. The van der Waals surface area contributed by atoms with E-state index in [0.717, 1.165) is 28.1 Å². The zero-order valence-corrected chi connectivity index (χ0v) is 16.9. The molecule has 29 heavy (non-hydrogen) atoms. The number of imide groups is 1. The Bertz CT molecular complexity index is 1130. The van der Waals surface area contributed by atoms with E-state index in [-0.39, 0.29) is 18.4 Å². The largest absolute Gasteiger partial charge is 0.336 e. The molecule has 2 aliphatic rings. The Labute approximate surface area is 173 Å². The van der Waals surface area contributed by atoms with Crippen LogP contribution < -0.4 is 4.90 Å². The summed E-state index contributed by atoms with van der Waals surface area (Å²) in [6.45, 7) is 3.02. The van der Waals surface area contributed by atoms with Crippen LogP contribution in [0.5, 0.6) is 0 Å². The highest BCUT2D eigenvalue weighted by Crippen LogP contribution is 2.39. The third-order valence-electron chi connectivity index (χ3n) is 5.53. The first-order valence-electron chi connectivity index (χ1n) is 9.69. The van der Waals surface area contributed by atoms with E-state index in [1.807, 2.05) is 71.8 Å². The summed E-state index contributed by atoms with van der Waals surface area (Å²) in [7, 11) is 0. The van der Waals surface area contributed by atoms with E-state index in [1.54, 1.807) is 0 Å². The lowest BCUT2D eigenvalue weighted by Crippen LogP contribution is -2.34. The van der Waals surface area contributed by atoms with Gasteiger partial charge in [0.2, 0.25) is 0 Å². The molecule has 2 amide bonds. The third-order valence-corrected chi connectivity index (χ3v) is 6.42. The van der Waals surface area contributed by atoms with Gasteiger partial charge in [-0.05, 0) is 42.0 Å². The monoisotopic (exact) mass is 400 g/mol. The molecule has 5 rings (SSSR count). The highest BCUT2D eigenvalue weighted by Gasteiger charge is 2.43. The Kier molecular flexibility index (Phi) is 4.32. The van der Waals surface area contributed by atoms with E-state index in [9.17, 15) is 9.59 Å². The molecule has 1 aromatic heterocycles. The number of hydrogen-bond acceptors (Lipinski definition) is 4. The molecule has 2 aromatic carbocycles. The van der Waals surface area contributed by atoms with Gasteiger partial charge < -0.3 is 4.90 Å². The van der Waals surface area contributed by atoms with Gasteiger partial charge in [-0.1, -0.05) is 54.1 Å². The quantitative estimate of drug-likeness (QED) is 0.610. The van der Waals surface area contributed by atoms with Crippen LogP contribution in [0.1, 0.15) is 21.6 Å². The first kappa shape index (κ1) is 17.9. The normalized spacial score (nSPS) is 16.2. The van der Waals surface area contributed by atoms with Gasteiger partial charge in [0.25, 0.3) is 11.8 Å². The maximum Gasteiger partial charge on any atom is 0.278 e. The number of nitrogens with zero attached hydrogens (tertiary/aromatic N) is 2. The number of fused-ring (bicyclic) bond motifs is 1. The number of benzene rings is 2. The number of carbonyl (C=O) groups excluding carboxylic acids is 2. The molecule has 5 heteroatoms. The van der Waals surface area contributed by atoms with Crippen LogP contribution in [0, 0.1) is 6.92 Å². The summed E-state index contributed by atoms with van der Waals surface area (Å²) < 4.78 is 0. The average molecular weight is 401 g/mol. The van der Waals surface area contributed by atoms with E-state index in [0.29, 0.717) is 17.8 Å². The van der Waals surface area contributed by atoms with Crippen LogP contribution in [0.3, 0.4) is 0 Å². The molecule has 0 unspecified atom stereocenters. The van der Waals surface area contributed by atoms with Crippen molar-refractivity contribution < 1.29 is 9.59 Å². The second-order valence-corrected chi connectivity index (χ2v) is 8.36. The number of aryl methyl sites for hydroxylation is 1. The number of rotatable bonds is 4. The van der Waals surface area contributed by atoms with Gasteiger partial charge in [0.15, 0.2) is 0 Å². The van der Waals surface area contributed by atoms with Crippen LogP contribution in [0.15, 0.2) is 71.7 Å². The van der Waals surface area contributed by atoms with E-state index < -0.39 is 0 Å². The molecule has 144 valence electrons. The zero-order chi connectivity index (χ0) is 20.0. The van der Waals surface area contributed by atoms with Crippen molar-refractivity contribution in [1.82, 2.24) is 4.90 Å². The van der Waals surface area contributed by atoms with Crippen molar-refractivity contribution in [2.45, 2.75) is 19.9 Å². The van der Waals surface area contributed by atoms with Gasteiger partial charge >= 0.3 is 0 Å². The molecule has 0 fully saturated rings. The first-order valence-corrected chi connectivity index (χ1v) is 10.6. The standard InChI is InChI=1S/C24H20N2O2S/c1-16-8-10-17(11-9-16)15-26-23(27)21(20-7-4-14-29-20)22(24(26)28)25-13-12-18-5-2-3-6-19(18)25/h2-11,14H,12-13,15H2,1H3. The van der Waals surface area contributed by atoms with Crippen molar-refractivity contribution in [2.75, 3.05) is 11.4 Å². The summed E-state index contributed by atoms with van der Waals surface area (Å²) in [5, 5.41) is 1.94. The van der Waals surface area contributed by atoms with Crippen molar-refractivity contribution >= 4 is 34.4 Å². The van der Waals surface area contributed by atoms with E-state index in [2.05, 4.69) is 6.07 Å². The fraction of sp³-hybridized carbons (Fsp3) is 0.167. The molecule has 0 saturated heterocycles. The topological polar surface area (TPSA) is 40.6 Å². The van der Waals surface area contributed by atoms with Crippen LogP contribution >= 0.6 is 11.3 Å². The molecule has 0 atom stereocenters. The molecule has 2 aliphatic heterocycles. The predicted octanol–water partition coefficient (Wildman–Crippen LogP) is 4.40. The van der Waals surface area contributed by atoms with Crippen LogP contribution in [0.4, 0.5) is 5.69 Å². The number of hydrogen-bond donors (Lipinski definition) is 0. The molecule has 0 aliphatic carbocycles. The second kappa shape index (κ2) is 7.01. The lowest BCUT2D eigenvalue weighted by atomic mass is 10.1. The fourth-order valence-electron chi connectivity index (χ4n) is 4.05. The third kappa shape index (κ3) is 2.98. The van der Waals surface area contributed by atoms with Gasteiger partial charge in [-0.2, -0.15) is 0 Å². The Balaban J connectivity index is 1.57. The zero-order valence-electron chi connectivity index (χ0n) is 16.1. The molecule has 3 aromatic rings. The van der Waals surface area contributed by atoms with Gasteiger partial charge in [0.05, 0.1) is 12.1 Å². The van der Waals surface area contributed by atoms with E-state index in [1.165, 1.54) is 21.8 Å². The van der Waals surface area contributed by atoms with Gasteiger partial charge in [-0.25, -0.2) is 0 Å². The molecule has 0 bridgehead atoms. The average Bonchev–Trinajstić information content (AvgIpc) is 3.44. The summed E-state index contributed by atoms with van der Waals surface area (Å²) in [6.07, 6.45) is 0.872. The summed E-state index contributed by atoms with van der Waals surface area (Å²) in [5.41, 5.74) is 5.37. The number of carbonyl (C=O) groups is 2. The summed E-state index contributed by atoms with van der Waals surface area (Å²) in [5.74, 6) is -0.423. The minimum Gasteiger partial charge on any atom is -0.336 e. The second-order valence-electron chi connectivity index (χ2n) is 7.41. The van der Waals surface area contributed by atoms with Crippen LogP contribution in [-0.2, 0) is 22.6 Å². The Morgan fingerprint density at radius 2 is 1.72 bits per heavy atom. The Hall–Kier alpha value is -3.18. The Morgan fingerprint density at radius 1 is 0.931 bits per heavy atom. The smallest absolute Gasteiger partial charge is 0.278 e. The van der Waals surface area contributed by atoms with E-state index >= 15 is 0 Å². The molecule has 4 nitrogen and oxygen atoms in total. The van der Waals surface area contributed by atoms with Crippen LogP contribution in [0.25, 0.3) is 5.57 Å². The van der Waals surface area contributed by atoms with Crippen molar-refractivity contribution in [2.24, 2.45) is 0 Å². The minimum atomic E-state index is -0.212. The molecule has 0 N–H and O–H groups in total. The minimum absolute atomic E-state index is 0.211.